The van der Waals surface area contributed by atoms with E-state index in [4.69, 9.17) is 0 Å². The number of hydrogen-bond donors (Lipinski definition) is 1. The van der Waals surface area contributed by atoms with Crippen molar-refractivity contribution in [2.75, 3.05) is 0 Å². The number of nitrogens with one attached hydrogen (secondary N) is 1. The summed E-state index contributed by atoms with van der Waals surface area (Å²) in [6, 6.07) is 0. The van der Waals surface area contributed by atoms with Crippen LogP contribution in [0.5, 0.6) is 0 Å². The van der Waals surface area contributed by atoms with Crippen molar-refractivity contribution >= 4 is 11.8 Å². The van der Waals surface area contributed by atoms with Gasteiger partial charge in [0.2, 0.25) is 0 Å². The molecule has 0 atom stereocenters. The van der Waals surface area contributed by atoms with E-state index >= 15 is 0 Å². The minimum Gasteiger partial charge on any atom is -0.276 e. The Morgan fingerprint density at radius 2 is 2.47 bits per heavy atom. The molecule has 0 aromatic carbocycles. The van der Waals surface area contributed by atoms with Crippen molar-refractivity contribution < 1.29 is 0 Å². The fourth-order valence-electron chi connectivity index (χ4n) is 1.40. The number of thioether (sulfide) groups is 1. The highest BCUT2D eigenvalue weighted by atomic mass is 32.2. The normalized spacial score (nSPS) is 10.6. The van der Waals surface area contributed by atoms with Gasteiger partial charge in [-0.25, -0.2) is 9.89 Å². The second-order valence-electron chi connectivity index (χ2n) is 3.52. The van der Waals surface area contributed by atoms with Crippen molar-refractivity contribution in [1.82, 2.24) is 24.5 Å². The van der Waals surface area contributed by atoms with Crippen molar-refractivity contribution in [1.29, 1.82) is 0 Å². The zero-order valence-corrected chi connectivity index (χ0v) is 10.3. The van der Waals surface area contributed by atoms with E-state index in [9.17, 15) is 4.79 Å². The van der Waals surface area contributed by atoms with Gasteiger partial charge in [-0.3, -0.25) is 9.25 Å². The number of allylic oxidation sites excluding steroid dienone is 1. The Balaban J connectivity index is 2.08. The van der Waals surface area contributed by atoms with Gasteiger partial charge in [-0.05, 0) is 0 Å². The van der Waals surface area contributed by atoms with E-state index in [2.05, 4.69) is 21.9 Å². The Hall–Kier alpha value is -1.76. The summed E-state index contributed by atoms with van der Waals surface area (Å²) in [5, 5.41) is 11.1. The van der Waals surface area contributed by atoms with Gasteiger partial charge in [0.05, 0.1) is 6.20 Å². The number of aromatic amines is 1. The molecule has 0 spiro atoms. The fraction of sp³-hybridized carbons (Fsp3) is 0.300. The van der Waals surface area contributed by atoms with Crippen molar-refractivity contribution in [3.63, 3.8) is 0 Å². The van der Waals surface area contributed by atoms with Crippen LogP contribution in [0, 0.1) is 0 Å². The quantitative estimate of drug-likeness (QED) is 0.630. The molecule has 2 rings (SSSR count). The predicted molar refractivity (Wildman–Crippen MR) is 65.8 cm³/mol. The van der Waals surface area contributed by atoms with Crippen LogP contribution >= 0.6 is 11.8 Å². The first kappa shape index (κ1) is 11.7. The Bertz CT molecular complexity index is 567. The molecule has 6 nitrogen and oxygen atoms in total. The standard InChI is InChI=1S/C10H13N5OS/c1-3-4-15-9(16)12-13-10(15)17-7-8-5-11-14(2)6-8/h3,5-6H,1,4,7H2,2H3,(H,12,16). The molecule has 2 aromatic heterocycles. The third-order valence-corrected chi connectivity index (χ3v) is 3.21. The van der Waals surface area contributed by atoms with Gasteiger partial charge in [0.1, 0.15) is 0 Å². The average Bonchev–Trinajstić information content (AvgIpc) is 2.86. The number of rotatable bonds is 5. The fourth-order valence-corrected chi connectivity index (χ4v) is 2.27. The maximum Gasteiger partial charge on any atom is 0.344 e. The summed E-state index contributed by atoms with van der Waals surface area (Å²) in [5.74, 6) is 0.731. The molecule has 90 valence electrons. The molecule has 0 amide bonds. The molecule has 0 radical (unpaired) electrons. The molecule has 0 saturated heterocycles. The molecule has 0 aliphatic carbocycles. The zero-order chi connectivity index (χ0) is 12.3. The lowest BCUT2D eigenvalue weighted by Crippen LogP contribution is -2.16. The van der Waals surface area contributed by atoms with Crippen LogP contribution in [0.4, 0.5) is 0 Å². The van der Waals surface area contributed by atoms with E-state index in [1.165, 1.54) is 11.8 Å². The van der Waals surface area contributed by atoms with Gasteiger partial charge < -0.3 is 0 Å². The molecule has 7 heteroatoms. The van der Waals surface area contributed by atoms with Crippen molar-refractivity contribution in [2.24, 2.45) is 7.05 Å². The van der Waals surface area contributed by atoms with Crippen molar-refractivity contribution in [3.8, 4) is 0 Å². The van der Waals surface area contributed by atoms with Crippen LogP contribution in [0.2, 0.25) is 0 Å². The van der Waals surface area contributed by atoms with Gasteiger partial charge in [0.15, 0.2) is 5.16 Å². The SMILES string of the molecule is C=CCn1c(SCc2cnn(C)c2)n[nH]c1=O. The van der Waals surface area contributed by atoms with Crippen LogP contribution in [0.15, 0.2) is 35.0 Å². The molecule has 0 saturated carbocycles. The van der Waals surface area contributed by atoms with Crippen molar-refractivity contribution in [2.45, 2.75) is 17.5 Å². The summed E-state index contributed by atoms with van der Waals surface area (Å²) in [4.78, 5) is 11.4. The first-order valence-corrected chi connectivity index (χ1v) is 6.05. The second-order valence-corrected chi connectivity index (χ2v) is 4.46. The highest BCUT2D eigenvalue weighted by Crippen LogP contribution is 2.18. The number of nitrogens with zero attached hydrogens (tertiary/aromatic N) is 4. The van der Waals surface area contributed by atoms with Gasteiger partial charge in [-0.15, -0.1) is 11.7 Å². The molecular formula is C10H13N5OS. The van der Waals surface area contributed by atoms with Crippen LogP contribution in [0.1, 0.15) is 5.56 Å². The first-order chi connectivity index (χ1) is 8.20. The topological polar surface area (TPSA) is 68.5 Å². The molecule has 0 fully saturated rings. The molecule has 0 unspecified atom stereocenters. The lowest BCUT2D eigenvalue weighted by molar-refractivity contribution is 0.702. The van der Waals surface area contributed by atoms with Crippen LogP contribution < -0.4 is 5.69 Å². The third-order valence-electron chi connectivity index (χ3n) is 2.16. The Morgan fingerprint density at radius 3 is 3.12 bits per heavy atom. The van der Waals surface area contributed by atoms with Gasteiger partial charge >= 0.3 is 5.69 Å². The Kier molecular flexibility index (Phi) is 3.48. The number of hydrogen-bond acceptors (Lipinski definition) is 4. The van der Waals surface area contributed by atoms with E-state index in [1.54, 1.807) is 21.5 Å². The maximum absolute atomic E-state index is 11.4. The van der Waals surface area contributed by atoms with E-state index < -0.39 is 0 Å². The second kappa shape index (κ2) is 5.05. The number of aromatic nitrogens is 5. The monoisotopic (exact) mass is 251 g/mol. The Morgan fingerprint density at radius 1 is 1.65 bits per heavy atom. The summed E-state index contributed by atoms with van der Waals surface area (Å²) in [7, 11) is 1.87. The average molecular weight is 251 g/mol. The van der Waals surface area contributed by atoms with Gasteiger partial charge in [-0.2, -0.15) is 5.10 Å². The minimum absolute atomic E-state index is 0.210. The minimum atomic E-state index is -0.210. The lowest BCUT2D eigenvalue weighted by Gasteiger charge is -2.00. The van der Waals surface area contributed by atoms with Gasteiger partial charge in [0, 0.05) is 31.1 Å². The summed E-state index contributed by atoms with van der Waals surface area (Å²) in [6.07, 6.45) is 5.41. The van der Waals surface area contributed by atoms with Crippen molar-refractivity contribution in [3.05, 3.63) is 41.1 Å². The maximum atomic E-state index is 11.4. The highest BCUT2D eigenvalue weighted by molar-refractivity contribution is 7.98. The third kappa shape index (κ3) is 2.68. The molecule has 0 aliphatic heterocycles. The zero-order valence-electron chi connectivity index (χ0n) is 9.46. The molecular weight excluding hydrogens is 238 g/mol. The first-order valence-electron chi connectivity index (χ1n) is 5.07. The van der Waals surface area contributed by atoms with Gasteiger partial charge in [-0.1, -0.05) is 17.8 Å². The highest BCUT2D eigenvalue weighted by Gasteiger charge is 2.08. The molecule has 1 N–H and O–H groups in total. The lowest BCUT2D eigenvalue weighted by atomic mass is 10.4. The van der Waals surface area contributed by atoms with Crippen LogP contribution in [-0.2, 0) is 19.3 Å². The summed E-state index contributed by atoms with van der Waals surface area (Å²) in [6.45, 7) is 4.08. The van der Waals surface area contributed by atoms with Gasteiger partial charge in [0.25, 0.3) is 0 Å². The van der Waals surface area contributed by atoms with E-state index in [0.29, 0.717) is 11.7 Å². The Labute approximate surface area is 102 Å². The van der Waals surface area contributed by atoms with E-state index in [-0.39, 0.29) is 5.69 Å². The summed E-state index contributed by atoms with van der Waals surface area (Å²) < 4.78 is 3.30. The number of H-pyrrole nitrogens is 1. The van der Waals surface area contributed by atoms with Crippen LogP contribution in [0.25, 0.3) is 0 Å². The number of aryl methyl sites for hydroxylation is 1. The molecule has 17 heavy (non-hydrogen) atoms. The largest absolute Gasteiger partial charge is 0.344 e. The van der Waals surface area contributed by atoms with Crippen LogP contribution in [0.3, 0.4) is 0 Å². The molecule has 0 aliphatic rings. The molecule has 2 heterocycles. The molecule has 2 aromatic rings. The van der Waals surface area contributed by atoms with E-state index in [0.717, 1.165) is 11.3 Å². The summed E-state index contributed by atoms with van der Waals surface area (Å²) in [5.41, 5.74) is 0.886. The molecule has 0 bridgehead atoms. The smallest absolute Gasteiger partial charge is 0.276 e. The summed E-state index contributed by atoms with van der Waals surface area (Å²) >= 11 is 1.49. The van der Waals surface area contributed by atoms with E-state index in [1.807, 2.05) is 13.2 Å². The van der Waals surface area contributed by atoms with Crippen LogP contribution in [-0.4, -0.2) is 24.5 Å². The predicted octanol–water partition coefficient (Wildman–Crippen LogP) is 0.783.